The number of amides is 1. The molecule has 4 heteroatoms. The van der Waals surface area contributed by atoms with Gasteiger partial charge in [0.15, 0.2) is 0 Å². The Morgan fingerprint density at radius 1 is 1.64 bits per heavy atom. The highest BCUT2D eigenvalue weighted by Crippen LogP contribution is 2.17. The van der Waals surface area contributed by atoms with Crippen molar-refractivity contribution < 1.29 is 9.53 Å². The van der Waals surface area contributed by atoms with E-state index in [1.807, 2.05) is 4.90 Å². The van der Waals surface area contributed by atoms with E-state index >= 15 is 0 Å². The molecule has 0 aromatic heterocycles. The van der Waals surface area contributed by atoms with Crippen molar-refractivity contribution >= 4 is 5.91 Å². The summed E-state index contributed by atoms with van der Waals surface area (Å²) in [4.78, 5) is 13.8. The van der Waals surface area contributed by atoms with Crippen LogP contribution in [0, 0.1) is 0 Å². The number of rotatable bonds is 3. The molecule has 0 aromatic rings. The lowest BCUT2D eigenvalue weighted by atomic mass is 10.1. The summed E-state index contributed by atoms with van der Waals surface area (Å²) in [7, 11) is 0. The lowest BCUT2D eigenvalue weighted by Gasteiger charge is -2.21. The van der Waals surface area contributed by atoms with E-state index in [-0.39, 0.29) is 11.9 Å². The summed E-state index contributed by atoms with van der Waals surface area (Å²) >= 11 is 0. The van der Waals surface area contributed by atoms with E-state index in [0.29, 0.717) is 19.3 Å². The van der Waals surface area contributed by atoms with Crippen molar-refractivity contribution in [2.75, 3.05) is 19.9 Å². The maximum absolute atomic E-state index is 11.9. The van der Waals surface area contributed by atoms with Crippen molar-refractivity contribution in [2.24, 2.45) is 0 Å². The summed E-state index contributed by atoms with van der Waals surface area (Å²) in [5.41, 5.74) is 0. The molecule has 2 unspecified atom stereocenters. The molecule has 2 heterocycles. The zero-order valence-corrected chi connectivity index (χ0v) is 8.66. The molecule has 0 aliphatic carbocycles. The Balaban J connectivity index is 1.92. The minimum absolute atomic E-state index is 0.0561. The second kappa shape index (κ2) is 4.28. The molecular weight excluding hydrogens is 180 g/mol. The quantitative estimate of drug-likeness (QED) is 0.710. The van der Waals surface area contributed by atoms with Crippen LogP contribution in [-0.2, 0) is 9.53 Å². The topological polar surface area (TPSA) is 41.6 Å². The maximum atomic E-state index is 11.9. The van der Waals surface area contributed by atoms with E-state index < -0.39 is 0 Å². The first-order valence-corrected chi connectivity index (χ1v) is 5.44. The molecule has 4 nitrogen and oxygen atoms in total. The lowest BCUT2D eigenvalue weighted by molar-refractivity contribution is -0.131. The SMILES string of the molecule is CCCC1NCN(C2CCOC2)C1=O. The number of nitrogens with zero attached hydrogens (tertiary/aromatic N) is 1. The standard InChI is InChI=1S/C10H18N2O2/c1-2-3-9-10(13)12(7-11-9)8-4-5-14-6-8/h8-9,11H,2-7H2,1H3. The molecule has 1 amide bonds. The fourth-order valence-corrected chi connectivity index (χ4v) is 2.17. The minimum atomic E-state index is 0.0561. The second-order valence-electron chi connectivity index (χ2n) is 4.03. The molecule has 1 N–H and O–H groups in total. The average Bonchev–Trinajstić information content (AvgIpc) is 2.77. The third-order valence-corrected chi connectivity index (χ3v) is 3.01. The minimum Gasteiger partial charge on any atom is -0.379 e. The Kier molecular flexibility index (Phi) is 3.03. The zero-order valence-electron chi connectivity index (χ0n) is 8.66. The van der Waals surface area contributed by atoms with Crippen LogP contribution in [0.2, 0.25) is 0 Å². The number of hydrogen-bond donors (Lipinski definition) is 1. The van der Waals surface area contributed by atoms with Gasteiger partial charge in [-0.1, -0.05) is 13.3 Å². The fourth-order valence-electron chi connectivity index (χ4n) is 2.17. The third kappa shape index (κ3) is 1.77. The molecule has 14 heavy (non-hydrogen) atoms. The first kappa shape index (κ1) is 9.93. The highest BCUT2D eigenvalue weighted by molar-refractivity contribution is 5.84. The Hall–Kier alpha value is -0.610. The molecular formula is C10H18N2O2. The highest BCUT2D eigenvalue weighted by Gasteiger charge is 2.36. The molecule has 0 aromatic carbocycles. The molecule has 0 spiro atoms. The zero-order chi connectivity index (χ0) is 9.97. The lowest BCUT2D eigenvalue weighted by Crippen LogP contribution is -2.38. The number of nitrogens with one attached hydrogen (secondary N) is 1. The van der Waals surface area contributed by atoms with Gasteiger partial charge in [-0.25, -0.2) is 0 Å². The number of hydrogen-bond acceptors (Lipinski definition) is 3. The summed E-state index contributed by atoms with van der Waals surface area (Å²) in [6, 6.07) is 0.373. The number of ether oxygens (including phenoxy) is 1. The summed E-state index contributed by atoms with van der Waals surface area (Å²) < 4.78 is 5.29. The number of carbonyl (C=O) groups excluding carboxylic acids is 1. The summed E-state index contributed by atoms with van der Waals surface area (Å²) in [6.07, 6.45) is 2.99. The summed E-state index contributed by atoms with van der Waals surface area (Å²) in [6.45, 7) is 4.33. The van der Waals surface area contributed by atoms with Crippen molar-refractivity contribution in [2.45, 2.75) is 38.3 Å². The van der Waals surface area contributed by atoms with Crippen LogP contribution in [-0.4, -0.2) is 42.8 Å². The molecule has 0 bridgehead atoms. The van der Waals surface area contributed by atoms with Crippen molar-refractivity contribution in [3.63, 3.8) is 0 Å². The van der Waals surface area contributed by atoms with Crippen molar-refractivity contribution in [1.29, 1.82) is 0 Å². The van der Waals surface area contributed by atoms with Gasteiger partial charge >= 0.3 is 0 Å². The van der Waals surface area contributed by atoms with Gasteiger partial charge in [-0.05, 0) is 12.8 Å². The third-order valence-electron chi connectivity index (χ3n) is 3.01. The average molecular weight is 198 g/mol. The van der Waals surface area contributed by atoms with Gasteiger partial charge in [-0.2, -0.15) is 0 Å². The van der Waals surface area contributed by atoms with Gasteiger partial charge in [-0.15, -0.1) is 0 Å². The first-order chi connectivity index (χ1) is 6.83. The van der Waals surface area contributed by atoms with Gasteiger partial charge in [0.2, 0.25) is 5.91 Å². The van der Waals surface area contributed by atoms with E-state index in [1.54, 1.807) is 0 Å². The van der Waals surface area contributed by atoms with E-state index in [9.17, 15) is 4.79 Å². The molecule has 2 atom stereocenters. The molecule has 2 saturated heterocycles. The van der Waals surface area contributed by atoms with Gasteiger partial charge in [0.25, 0.3) is 0 Å². The first-order valence-electron chi connectivity index (χ1n) is 5.44. The van der Waals surface area contributed by atoms with Crippen LogP contribution in [0.1, 0.15) is 26.2 Å². The predicted octanol–water partition coefficient (Wildman–Crippen LogP) is 0.333. The van der Waals surface area contributed by atoms with Crippen LogP contribution >= 0.6 is 0 Å². The Morgan fingerprint density at radius 2 is 2.50 bits per heavy atom. The van der Waals surface area contributed by atoms with E-state index in [2.05, 4.69) is 12.2 Å². The molecule has 0 saturated carbocycles. The molecule has 2 fully saturated rings. The summed E-state index contributed by atoms with van der Waals surface area (Å²) in [5.74, 6) is 0.266. The summed E-state index contributed by atoms with van der Waals surface area (Å²) in [5, 5.41) is 3.26. The van der Waals surface area contributed by atoms with Gasteiger partial charge in [-0.3, -0.25) is 10.1 Å². The van der Waals surface area contributed by atoms with Crippen LogP contribution in [0.5, 0.6) is 0 Å². The monoisotopic (exact) mass is 198 g/mol. The molecule has 2 aliphatic rings. The van der Waals surface area contributed by atoms with Crippen molar-refractivity contribution in [3.8, 4) is 0 Å². The maximum Gasteiger partial charge on any atom is 0.241 e. The Labute approximate surface area is 84.6 Å². The van der Waals surface area contributed by atoms with Crippen LogP contribution in [0.4, 0.5) is 0 Å². The fraction of sp³-hybridized carbons (Fsp3) is 0.900. The van der Waals surface area contributed by atoms with Crippen LogP contribution in [0.3, 0.4) is 0 Å². The van der Waals surface area contributed by atoms with E-state index in [4.69, 9.17) is 4.74 Å². The van der Waals surface area contributed by atoms with Gasteiger partial charge in [0.1, 0.15) is 0 Å². The Bertz CT molecular complexity index is 214. The van der Waals surface area contributed by atoms with E-state index in [0.717, 1.165) is 25.9 Å². The van der Waals surface area contributed by atoms with Gasteiger partial charge in [0, 0.05) is 6.61 Å². The largest absolute Gasteiger partial charge is 0.379 e. The Morgan fingerprint density at radius 3 is 3.14 bits per heavy atom. The van der Waals surface area contributed by atoms with E-state index in [1.165, 1.54) is 0 Å². The molecule has 2 rings (SSSR count). The predicted molar refractivity (Wildman–Crippen MR) is 52.8 cm³/mol. The van der Waals surface area contributed by atoms with Crippen LogP contribution < -0.4 is 5.32 Å². The highest BCUT2D eigenvalue weighted by atomic mass is 16.5. The van der Waals surface area contributed by atoms with Gasteiger partial charge in [0.05, 0.1) is 25.4 Å². The van der Waals surface area contributed by atoms with Crippen LogP contribution in [0.25, 0.3) is 0 Å². The molecule has 80 valence electrons. The van der Waals surface area contributed by atoms with Gasteiger partial charge < -0.3 is 9.64 Å². The van der Waals surface area contributed by atoms with Crippen molar-refractivity contribution in [1.82, 2.24) is 10.2 Å². The number of carbonyl (C=O) groups is 1. The normalized spacial score (nSPS) is 32.9. The molecule has 0 radical (unpaired) electrons. The second-order valence-corrected chi connectivity index (χ2v) is 4.03. The molecule has 2 aliphatic heterocycles. The van der Waals surface area contributed by atoms with Crippen LogP contribution in [0.15, 0.2) is 0 Å². The smallest absolute Gasteiger partial charge is 0.241 e. The van der Waals surface area contributed by atoms with Crippen molar-refractivity contribution in [3.05, 3.63) is 0 Å².